The second-order valence-electron chi connectivity index (χ2n) is 12.4. The summed E-state index contributed by atoms with van der Waals surface area (Å²) in [6, 6.07) is 61.6. The van der Waals surface area contributed by atoms with Gasteiger partial charge in [-0.15, -0.1) is 0 Å². The van der Waals surface area contributed by atoms with Gasteiger partial charge in [0, 0.05) is 16.2 Å². The Morgan fingerprint density at radius 1 is 0.298 bits per heavy atom. The molecule has 0 atom stereocenters. The lowest BCUT2D eigenvalue weighted by Gasteiger charge is -2.19. The van der Waals surface area contributed by atoms with Crippen molar-refractivity contribution < 1.29 is 4.42 Å². The predicted molar refractivity (Wildman–Crippen MR) is 200 cm³/mol. The second kappa shape index (κ2) is 10.2. The highest BCUT2D eigenvalue weighted by Crippen LogP contribution is 2.46. The zero-order chi connectivity index (χ0) is 30.9. The van der Waals surface area contributed by atoms with Crippen molar-refractivity contribution in [2.24, 2.45) is 0 Å². The van der Waals surface area contributed by atoms with E-state index in [4.69, 9.17) is 4.42 Å². The summed E-state index contributed by atoms with van der Waals surface area (Å²) in [6.07, 6.45) is 0. The fourth-order valence-corrected chi connectivity index (χ4v) is 7.80. The van der Waals surface area contributed by atoms with E-state index in [1.807, 2.05) is 6.07 Å². The van der Waals surface area contributed by atoms with Crippen LogP contribution in [0.25, 0.3) is 98.4 Å². The molecule has 0 radical (unpaired) electrons. The Morgan fingerprint density at radius 2 is 0.830 bits per heavy atom. The zero-order valence-electron chi connectivity index (χ0n) is 25.6. The predicted octanol–water partition coefficient (Wildman–Crippen LogP) is 13.2. The zero-order valence-corrected chi connectivity index (χ0v) is 25.6. The summed E-state index contributed by atoms with van der Waals surface area (Å²) in [5.41, 5.74) is 9.30. The number of para-hydroxylation sites is 1. The van der Waals surface area contributed by atoms with Crippen LogP contribution in [-0.2, 0) is 0 Å². The highest BCUT2D eigenvalue weighted by atomic mass is 16.3. The van der Waals surface area contributed by atoms with Crippen molar-refractivity contribution >= 4 is 65.0 Å². The SMILES string of the molecule is c1cc(-c2c3ccccc3c(-c3cccc4ccccc34)c3ccccc23)cc(-c2cc3c4ccccc4oc3c3ccccc23)c1. The fourth-order valence-electron chi connectivity index (χ4n) is 7.80. The number of rotatable bonds is 3. The number of fused-ring (bicyclic) bond motifs is 8. The van der Waals surface area contributed by atoms with E-state index in [9.17, 15) is 0 Å². The maximum atomic E-state index is 6.42. The van der Waals surface area contributed by atoms with Gasteiger partial charge in [-0.2, -0.15) is 0 Å². The summed E-state index contributed by atoms with van der Waals surface area (Å²) in [5.74, 6) is 0. The molecule has 0 amide bonds. The van der Waals surface area contributed by atoms with E-state index in [0.29, 0.717) is 0 Å². The first-order valence-electron chi connectivity index (χ1n) is 16.2. The summed E-state index contributed by atoms with van der Waals surface area (Å²) < 4.78 is 6.42. The number of hydrogen-bond donors (Lipinski definition) is 0. The van der Waals surface area contributed by atoms with Gasteiger partial charge < -0.3 is 4.42 Å². The number of benzene rings is 9. The quantitative estimate of drug-likeness (QED) is 0.185. The smallest absolute Gasteiger partial charge is 0.143 e. The van der Waals surface area contributed by atoms with Crippen LogP contribution in [0.4, 0.5) is 0 Å². The molecule has 0 saturated heterocycles. The molecule has 10 aromatic rings. The van der Waals surface area contributed by atoms with Crippen LogP contribution in [0, 0.1) is 0 Å². The molecule has 0 unspecified atom stereocenters. The third-order valence-corrected chi connectivity index (χ3v) is 9.84. The standard InChI is InChI=1S/C46H28O/c1-2-17-32-29(13-1)14-12-25-35(32)45-38-22-6-4-20-36(38)44(37-21-5-7-23-39(37)45)31-16-11-15-30(27-31)41-28-42-34-19-9-10-26-43(34)47-46(42)40-24-8-3-18-33(40)41/h1-28H. The van der Waals surface area contributed by atoms with E-state index in [1.54, 1.807) is 0 Å². The van der Waals surface area contributed by atoms with Crippen molar-refractivity contribution in [3.63, 3.8) is 0 Å². The van der Waals surface area contributed by atoms with Crippen molar-refractivity contribution in [2.75, 3.05) is 0 Å². The van der Waals surface area contributed by atoms with Crippen LogP contribution < -0.4 is 0 Å². The Morgan fingerprint density at radius 3 is 1.57 bits per heavy atom. The molecule has 0 fully saturated rings. The molecule has 0 aliphatic heterocycles. The van der Waals surface area contributed by atoms with Gasteiger partial charge in [-0.25, -0.2) is 0 Å². The van der Waals surface area contributed by atoms with Crippen molar-refractivity contribution in [1.29, 1.82) is 0 Å². The van der Waals surface area contributed by atoms with Crippen LogP contribution in [0.1, 0.15) is 0 Å². The molecule has 0 spiro atoms. The van der Waals surface area contributed by atoms with Gasteiger partial charge in [-0.3, -0.25) is 0 Å². The molecule has 0 aliphatic rings. The first-order valence-corrected chi connectivity index (χ1v) is 16.2. The van der Waals surface area contributed by atoms with Gasteiger partial charge in [0.15, 0.2) is 0 Å². The highest BCUT2D eigenvalue weighted by Gasteiger charge is 2.19. The molecule has 9 aromatic carbocycles. The van der Waals surface area contributed by atoms with Crippen LogP contribution in [0.15, 0.2) is 174 Å². The largest absolute Gasteiger partial charge is 0.455 e. The van der Waals surface area contributed by atoms with Crippen molar-refractivity contribution in [1.82, 2.24) is 0 Å². The van der Waals surface area contributed by atoms with Gasteiger partial charge in [0.2, 0.25) is 0 Å². The van der Waals surface area contributed by atoms with Gasteiger partial charge >= 0.3 is 0 Å². The Balaban J connectivity index is 1.27. The molecule has 10 rings (SSSR count). The maximum Gasteiger partial charge on any atom is 0.143 e. The number of furan rings is 1. The molecular weight excluding hydrogens is 569 g/mol. The maximum absolute atomic E-state index is 6.42. The van der Waals surface area contributed by atoms with E-state index in [0.717, 1.165) is 27.3 Å². The Bertz CT molecular complexity index is 2790. The average Bonchev–Trinajstić information content (AvgIpc) is 3.52. The molecule has 0 N–H and O–H groups in total. The summed E-state index contributed by atoms with van der Waals surface area (Å²) in [5, 5.41) is 12.2. The summed E-state index contributed by atoms with van der Waals surface area (Å²) in [4.78, 5) is 0. The molecule has 0 saturated carbocycles. The number of hydrogen-bond acceptors (Lipinski definition) is 1. The monoisotopic (exact) mass is 596 g/mol. The Labute approximate surface area is 271 Å². The fraction of sp³-hybridized carbons (Fsp3) is 0. The van der Waals surface area contributed by atoms with Crippen molar-refractivity contribution in [3.05, 3.63) is 170 Å². The average molecular weight is 597 g/mol. The van der Waals surface area contributed by atoms with Gasteiger partial charge in [0.1, 0.15) is 11.2 Å². The first-order chi connectivity index (χ1) is 23.3. The summed E-state index contributed by atoms with van der Waals surface area (Å²) >= 11 is 0. The van der Waals surface area contributed by atoms with Crippen LogP contribution >= 0.6 is 0 Å². The van der Waals surface area contributed by atoms with Gasteiger partial charge in [-0.05, 0) is 89.3 Å². The third kappa shape index (κ3) is 3.90. The lowest BCUT2D eigenvalue weighted by molar-refractivity contribution is 0.672. The molecule has 1 nitrogen and oxygen atoms in total. The van der Waals surface area contributed by atoms with Crippen LogP contribution in [0.3, 0.4) is 0 Å². The van der Waals surface area contributed by atoms with Crippen LogP contribution in [0.2, 0.25) is 0 Å². The Kier molecular flexibility index (Phi) is 5.64. The molecule has 0 aliphatic carbocycles. The van der Waals surface area contributed by atoms with Gasteiger partial charge in [0.05, 0.1) is 0 Å². The molecule has 1 heterocycles. The summed E-state index contributed by atoms with van der Waals surface area (Å²) in [7, 11) is 0. The van der Waals surface area contributed by atoms with Crippen LogP contribution in [-0.4, -0.2) is 0 Å². The van der Waals surface area contributed by atoms with Gasteiger partial charge in [0.25, 0.3) is 0 Å². The van der Waals surface area contributed by atoms with Gasteiger partial charge in [-0.1, -0.05) is 152 Å². The third-order valence-electron chi connectivity index (χ3n) is 9.84. The van der Waals surface area contributed by atoms with E-state index in [1.165, 1.54) is 71.1 Å². The van der Waals surface area contributed by atoms with Crippen molar-refractivity contribution in [2.45, 2.75) is 0 Å². The van der Waals surface area contributed by atoms with E-state index in [-0.39, 0.29) is 0 Å². The minimum Gasteiger partial charge on any atom is -0.455 e. The first kappa shape index (κ1) is 26.1. The lowest BCUT2D eigenvalue weighted by Crippen LogP contribution is -1.92. The molecular formula is C46H28O. The molecule has 218 valence electrons. The van der Waals surface area contributed by atoms with Crippen LogP contribution in [0.5, 0.6) is 0 Å². The second-order valence-corrected chi connectivity index (χ2v) is 12.4. The summed E-state index contributed by atoms with van der Waals surface area (Å²) in [6.45, 7) is 0. The van der Waals surface area contributed by atoms with E-state index >= 15 is 0 Å². The molecule has 1 aromatic heterocycles. The minimum atomic E-state index is 0.919. The topological polar surface area (TPSA) is 13.1 Å². The Hall–Kier alpha value is -6.18. The lowest BCUT2D eigenvalue weighted by atomic mass is 9.84. The minimum absolute atomic E-state index is 0.919. The van der Waals surface area contributed by atoms with Crippen molar-refractivity contribution in [3.8, 4) is 33.4 Å². The molecule has 0 bridgehead atoms. The molecule has 1 heteroatoms. The highest BCUT2D eigenvalue weighted by molar-refractivity contribution is 6.24. The van der Waals surface area contributed by atoms with E-state index < -0.39 is 0 Å². The molecule has 47 heavy (non-hydrogen) atoms. The van der Waals surface area contributed by atoms with E-state index in [2.05, 4.69) is 164 Å². The normalized spacial score (nSPS) is 11.8.